The molecule has 31 heavy (non-hydrogen) atoms. The van der Waals surface area contributed by atoms with E-state index in [-0.39, 0.29) is 18.4 Å². The van der Waals surface area contributed by atoms with Gasteiger partial charge in [0.15, 0.2) is 0 Å². The van der Waals surface area contributed by atoms with E-state index in [4.69, 9.17) is 5.26 Å². The van der Waals surface area contributed by atoms with Crippen molar-refractivity contribution in [2.75, 3.05) is 18.0 Å². The summed E-state index contributed by atoms with van der Waals surface area (Å²) >= 11 is 0. The van der Waals surface area contributed by atoms with Gasteiger partial charge in [0.05, 0.1) is 29.6 Å². The van der Waals surface area contributed by atoms with Crippen LogP contribution in [0.4, 0.5) is 5.69 Å². The monoisotopic (exact) mass is 435 g/mol. The second kappa shape index (κ2) is 9.45. The number of carbonyl (C=O) groups is 2. The average molecular weight is 436 g/mol. The maximum absolute atomic E-state index is 13.1. The van der Waals surface area contributed by atoms with E-state index >= 15 is 0 Å². The molecule has 1 N–H and O–H groups in total. The highest BCUT2D eigenvalue weighted by molar-refractivity contribution is 6.41. The minimum Gasteiger partial charge on any atom is -0.344 e. The molecule has 1 aromatic heterocycles. The number of halogens is 1. The van der Waals surface area contributed by atoms with Crippen LogP contribution in [0, 0.1) is 18.3 Å². The Hall–Kier alpha value is -3.63. The molecular weight excluding hydrogens is 414 g/mol. The molecule has 1 aliphatic heterocycles. The third kappa shape index (κ3) is 4.60. The number of anilines is 1. The van der Waals surface area contributed by atoms with E-state index in [9.17, 15) is 9.59 Å². The van der Waals surface area contributed by atoms with Crippen LogP contribution in [0.15, 0.2) is 60.8 Å². The van der Waals surface area contributed by atoms with Gasteiger partial charge in [0.1, 0.15) is 5.82 Å². The number of amides is 2. The van der Waals surface area contributed by atoms with Crippen LogP contribution in [0.1, 0.15) is 28.7 Å². The molecule has 1 fully saturated rings. The van der Waals surface area contributed by atoms with Gasteiger partial charge in [-0.15, -0.1) is 12.4 Å². The van der Waals surface area contributed by atoms with Crippen molar-refractivity contribution in [2.45, 2.75) is 19.4 Å². The Balaban J connectivity index is 0.00000272. The van der Waals surface area contributed by atoms with Crippen molar-refractivity contribution in [1.29, 1.82) is 5.26 Å². The van der Waals surface area contributed by atoms with Crippen molar-refractivity contribution in [1.82, 2.24) is 14.9 Å². The summed E-state index contributed by atoms with van der Waals surface area (Å²) in [6.45, 7) is 2.69. The fraction of sp³-hybridized carbons (Fsp3) is 0.217. The van der Waals surface area contributed by atoms with Gasteiger partial charge in [-0.3, -0.25) is 9.59 Å². The molecule has 2 amide bonds. The van der Waals surface area contributed by atoms with E-state index in [0.717, 1.165) is 22.8 Å². The van der Waals surface area contributed by atoms with Gasteiger partial charge in [-0.25, -0.2) is 4.98 Å². The number of benzene rings is 2. The van der Waals surface area contributed by atoms with Crippen LogP contribution in [-0.2, 0) is 16.0 Å². The van der Waals surface area contributed by atoms with E-state index < -0.39 is 11.8 Å². The van der Waals surface area contributed by atoms with Gasteiger partial charge in [-0.05, 0) is 43.2 Å². The predicted octanol–water partition coefficient (Wildman–Crippen LogP) is 3.17. The van der Waals surface area contributed by atoms with Crippen LogP contribution in [0.3, 0.4) is 0 Å². The van der Waals surface area contributed by atoms with Crippen molar-refractivity contribution < 1.29 is 9.59 Å². The molecule has 0 radical (unpaired) electrons. The quantitative estimate of drug-likeness (QED) is 0.623. The molecule has 2 heterocycles. The number of imidazole rings is 1. The zero-order valence-corrected chi connectivity index (χ0v) is 17.8. The van der Waals surface area contributed by atoms with Gasteiger partial charge < -0.3 is 14.8 Å². The normalized spacial score (nSPS) is 14.7. The van der Waals surface area contributed by atoms with Gasteiger partial charge in [0.2, 0.25) is 0 Å². The summed E-state index contributed by atoms with van der Waals surface area (Å²) in [6, 6.07) is 18.2. The number of nitrogens with zero attached hydrogens (tertiary/aromatic N) is 4. The first-order valence-electron chi connectivity index (χ1n) is 9.75. The molecule has 1 atom stereocenters. The summed E-state index contributed by atoms with van der Waals surface area (Å²) < 4.78 is 0. The summed E-state index contributed by atoms with van der Waals surface area (Å²) in [6.07, 6.45) is 2.22. The van der Waals surface area contributed by atoms with E-state index in [1.54, 1.807) is 23.2 Å². The molecule has 1 saturated heterocycles. The fourth-order valence-corrected chi connectivity index (χ4v) is 3.74. The second-order valence-corrected chi connectivity index (χ2v) is 7.24. The SMILES string of the molecule is Cc1ncc(C(Cc2ccc(C#N)cc2)N2CCN(c3ccccc3)C(=O)C2=O)[nH]1.Cl. The zero-order chi connectivity index (χ0) is 21.1. The minimum atomic E-state index is -0.534. The number of hydrogen-bond acceptors (Lipinski definition) is 4. The van der Waals surface area contributed by atoms with Gasteiger partial charge in [0.25, 0.3) is 0 Å². The molecule has 3 aromatic rings. The number of aryl methyl sites for hydroxylation is 1. The van der Waals surface area contributed by atoms with E-state index in [1.165, 1.54) is 4.90 Å². The smallest absolute Gasteiger partial charge is 0.316 e. The van der Waals surface area contributed by atoms with Crippen LogP contribution in [0.25, 0.3) is 0 Å². The van der Waals surface area contributed by atoms with Crippen LogP contribution in [0.5, 0.6) is 0 Å². The molecule has 7 nitrogen and oxygen atoms in total. The van der Waals surface area contributed by atoms with E-state index in [2.05, 4.69) is 16.0 Å². The Kier molecular flexibility index (Phi) is 6.73. The van der Waals surface area contributed by atoms with Gasteiger partial charge in [0, 0.05) is 18.8 Å². The number of aromatic amines is 1. The second-order valence-electron chi connectivity index (χ2n) is 7.24. The number of aromatic nitrogens is 2. The fourth-order valence-electron chi connectivity index (χ4n) is 3.74. The first-order valence-corrected chi connectivity index (χ1v) is 9.75. The molecule has 0 spiro atoms. The first kappa shape index (κ1) is 22.1. The highest BCUT2D eigenvalue weighted by Gasteiger charge is 2.38. The van der Waals surface area contributed by atoms with Gasteiger partial charge in [-0.1, -0.05) is 30.3 Å². The van der Waals surface area contributed by atoms with Crippen molar-refractivity contribution in [2.24, 2.45) is 0 Å². The summed E-state index contributed by atoms with van der Waals surface area (Å²) in [5.41, 5.74) is 3.05. The number of carbonyl (C=O) groups excluding carboxylic acids is 2. The molecule has 158 valence electrons. The van der Waals surface area contributed by atoms with Crippen molar-refractivity contribution in [3.63, 3.8) is 0 Å². The number of H-pyrrole nitrogens is 1. The number of rotatable bonds is 5. The first-order chi connectivity index (χ1) is 14.6. The third-order valence-electron chi connectivity index (χ3n) is 5.29. The maximum Gasteiger partial charge on any atom is 0.316 e. The Morgan fingerprint density at radius 1 is 1.06 bits per heavy atom. The number of para-hydroxylation sites is 1. The van der Waals surface area contributed by atoms with Crippen molar-refractivity contribution in [3.8, 4) is 6.07 Å². The van der Waals surface area contributed by atoms with Crippen LogP contribution < -0.4 is 4.90 Å². The summed E-state index contributed by atoms with van der Waals surface area (Å²) in [5.74, 6) is -0.318. The molecule has 0 saturated carbocycles. The van der Waals surface area contributed by atoms with Crippen LogP contribution in [0.2, 0.25) is 0 Å². The van der Waals surface area contributed by atoms with Crippen LogP contribution >= 0.6 is 12.4 Å². The predicted molar refractivity (Wildman–Crippen MR) is 119 cm³/mol. The standard InChI is InChI=1S/C23H21N5O2.ClH/c1-16-25-15-20(26-16)21(13-17-7-9-18(14-24)10-8-17)28-12-11-27(22(29)23(28)30)19-5-3-2-4-6-19;/h2-10,15,21H,11-13H2,1H3,(H,25,26);1H. The molecule has 1 unspecified atom stereocenters. The lowest BCUT2D eigenvalue weighted by atomic mass is 10.00. The Morgan fingerprint density at radius 3 is 2.39 bits per heavy atom. The highest BCUT2D eigenvalue weighted by atomic mass is 35.5. The number of hydrogen-bond donors (Lipinski definition) is 1. The highest BCUT2D eigenvalue weighted by Crippen LogP contribution is 2.28. The van der Waals surface area contributed by atoms with E-state index in [0.29, 0.717) is 25.1 Å². The van der Waals surface area contributed by atoms with Crippen molar-refractivity contribution >= 4 is 29.9 Å². The molecule has 4 rings (SSSR count). The molecule has 1 aliphatic rings. The maximum atomic E-state index is 13.1. The summed E-state index contributed by atoms with van der Waals surface area (Å²) in [5, 5.41) is 9.02. The van der Waals surface area contributed by atoms with Gasteiger partial charge in [-0.2, -0.15) is 5.26 Å². The molecule has 8 heteroatoms. The average Bonchev–Trinajstić information content (AvgIpc) is 3.21. The Morgan fingerprint density at radius 2 is 1.77 bits per heavy atom. The largest absolute Gasteiger partial charge is 0.344 e. The number of piperazine rings is 1. The van der Waals surface area contributed by atoms with Gasteiger partial charge >= 0.3 is 11.8 Å². The van der Waals surface area contributed by atoms with Crippen LogP contribution in [-0.4, -0.2) is 39.8 Å². The Bertz CT molecular complexity index is 1110. The lowest BCUT2D eigenvalue weighted by Gasteiger charge is -2.38. The third-order valence-corrected chi connectivity index (χ3v) is 5.29. The van der Waals surface area contributed by atoms with E-state index in [1.807, 2.05) is 49.4 Å². The summed E-state index contributed by atoms with van der Waals surface area (Å²) in [7, 11) is 0. The molecular formula is C23H22ClN5O2. The minimum absolute atomic E-state index is 0. The Labute approximate surface area is 186 Å². The molecule has 0 aliphatic carbocycles. The summed E-state index contributed by atoms with van der Waals surface area (Å²) in [4.78, 5) is 36.6. The topological polar surface area (TPSA) is 93.1 Å². The molecule has 0 bridgehead atoms. The lowest BCUT2D eigenvalue weighted by molar-refractivity contribution is -0.148. The zero-order valence-electron chi connectivity index (χ0n) is 17.0. The number of nitrogens with one attached hydrogen (secondary N) is 1. The lowest BCUT2D eigenvalue weighted by Crippen LogP contribution is -2.55. The number of nitriles is 1. The molecule has 2 aromatic carbocycles. The van der Waals surface area contributed by atoms with Crippen molar-refractivity contribution in [3.05, 3.63) is 83.4 Å².